The van der Waals surface area contributed by atoms with Crippen LogP contribution in [0.5, 0.6) is 0 Å². The van der Waals surface area contributed by atoms with Crippen molar-refractivity contribution < 1.29 is 9.59 Å². The lowest BCUT2D eigenvalue weighted by Crippen LogP contribution is -2.47. The molecular formula is C25H31Cl2N3O2. The van der Waals surface area contributed by atoms with E-state index >= 15 is 0 Å². The number of amides is 2. The fourth-order valence-corrected chi connectivity index (χ4v) is 4.48. The van der Waals surface area contributed by atoms with E-state index in [1.807, 2.05) is 26.0 Å². The topological polar surface area (TPSA) is 61.4 Å². The molecule has 0 aromatic heterocycles. The van der Waals surface area contributed by atoms with E-state index in [-0.39, 0.29) is 22.8 Å². The average Bonchev–Trinajstić information content (AvgIpc) is 3.25. The number of hydrogen-bond donors (Lipinski definition) is 2. The molecule has 1 aliphatic heterocycles. The number of nitrogens with one attached hydrogen (secondary N) is 2. The Balaban J connectivity index is 1.65. The summed E-state index contributed by atoms with van der Waals surface area (Å²) < 4.78 is 0. The van der Waals surface area contributed by atoms with Crippen LogP contribution in [0.2, 0.25) is 10.0 Å². The molecule has 5 nitrogen and oxygen atoms in total. The first-order valence-electron chi connectivity index (χ1n) is 11.2. The number of halogens is 2. The van der Waals surface area contributed by atoms with Crippen LogP contribution in [0.15, 0.2) is 42.5 Å². The minimum atomic E-state index is -0.653. The van der Waals surface area contributed by atoms with E-state index in [4.69, 9.17) is 23.2 Å². The third-order valence-corrected chi connectivity index (χ3v) is 6.22. The van der Waals surface area contributed by atoms with Crippen LogP contribution in [-0.2, 0) is 17.9 Å². The van der Waals surface area contributed by atoms with E-state index < -0.39 is 6.04 Å². The van der Waals surface area contributed by atoms with Crippen LogP contribution in [0.4, 0.5) is 0 Å². The van der Waals surface area contributed by atoms with E-state index in [0.717, 1.165) is 25.2 Å². The lowest BCUT2D eigenvalue weighted by molar-refractivity contribution is -0.123. The van der Waals surface area contributed by atoms with Gasteiger partial charge in [-0.3, -0.25) is 14.5 Å². The van der Waals surface area contributed by atoms with Crippen LogP contribution < -0.4 is 10.6 Å². The molecule has 1 atom stereocenters. The van der Waals surface area contributed by atoms with Crippen molar-refractivity contribution >= 4 is 35.0 Å². The first-order valence-corrected chi connectivity index (χ1v) is 11.9. The maximum Gasteiger partial charge on any atom is 0.253 e. The van der Waals surface area contributed by atoms with Gasteiger partial charge in [0.15, 0.2) is 0 Å². The molecule has 1 heterocycles. The van der Waals surface area contributed by atoms with Crippen molar-refractivity contribution in [3.05, 3.63) is 69.2 Å². The number of benzene rings is 2. The van der Waals surface area contributed by atoms with Gasteiger partial charge in [-0.05, 0) is 67.6 Å². The van der Waals surface area contributed by atoms with E-state index in [0.29, 0.717) is 23.6 Å². The molecular weight excluding hydrogens is 445 g/mol. The Morgan fingerprint density at radius 1 is 1.03 bits per heavy atom. The van der Waals surface area contributed by atoms with Crippen LogP contribution in [-0.4, -0.2) is 35.8 Å². The first kappa shape index (κ1) is 24.6. The van der Waals surface area contributed by atoms with Gasteiger partial charge in [0.2, 0.25) is 5.91 Å². The second-order valence-electron chi connectivity index (χ2n) is 8.75. The number of likely N-dealkylation sites (tertiary alicyclic amines) is 1. The maximum absolute atomic E-state index is 13.0. The zero-order valence-corrected chi connectivity index (χ0v) is 20.2. The monoisotopic (exact) mass is 475 g/mol. The van der Waals surface area contributed by atoms with Gasteiger partial charge in [-0.25, -0.2) is 0 Å². The number of carbonyl (C=O) groups excluding carboxylic acids is 2. The molecule has 2 amide bonds. The Hall–Kier alpha value is -2.08. The summed E-state index contributed by atoms with van der Waals surface area (Å²) in [5.41, 5.74) is 2.63. The molecule has 1 saturated heterocycles. The van der Waals surface area contributed by atoms with E-state index in [1.54, 1.807) is 12.1 Å². The lowest BCUT2D eigenvalue weighted by atomic mass is 10.0. The smallest absolute Gasteiger partial charge is 0.253 e. The summed E-state index contributed by atoms with van der Waals surface area (Å²) in [7, 11) is 0. The third kappa shape index (κ3) is 6.96. The Morgan fingerprint density at radius 3 is 2.38 bits per heavy atom. The van der Waals surface area contributed by atoms with Crippen LogP contribution in [0, 0.1) is 5.92 Å². The predicted molar refractivity (Wildman–Crippen MR) is 130 cm³/mol. The molecule has 0 aliphatic carbocycles. The van der Waals surface area contributed by atoms with E-state index in [9.17, 15) is 9.59 Å². The quantitative estimate of drug-likeness (QED) is 0.533. The van der Waals surface area contributed by atoms with Gasteiger partial charge in [0.1, 0.15) is 6.04 Å². The number of rotatable bonds is 9. The zero-order valence-electron chi connectivity index (χ0n) is 18.7. The summed E-state index contributed by atoms with van der Waals surface area (Å²) in [6.45, 7) is 7.61. The van der Waals surface area contributed by atoms with Gasteiger partial charge < -0.3 is 10.6 Å². The molecule has 0 spiro atoms. The molecule has 2 aromatic rings. The van der Waals surface area contributed by atoms with Crippen molar-refractivity contribution in [2.24, 2.45) is 5.92 Å². The molecule has 0 saturated carbocycles. The maximum atomic E-state index is 13.0. The van der Waals surface area contributed by atoms with Gasteiger partial charge in [0.05, 0.1) is 10.6 Å². The molecule has 32 heavy (non-hydrogen) atoms. The number of carbonyl (C=O) groups is 2. The van der Waals surface area contributed by atoms with E-state index in [1.165, 1.54) is 24.5 Å². The van der Waals surface area contributed by atoms with Crippen molar-refractivity contribution in [3.63, 3.8) is 0 Å². The SMILES string of the molecule is CC(C)CC(NC(=O)c1ccc(Cl)cc1Cl)C(=O)NCc1ccccc1CN1CCCC1. The highest BCUT2D eigenvalue weighted by atomic mass is 35.5. The summed E-state index contributed by atoms with van der Waals surface area (Å²) in [5, 5.41) is 6.58. The van der Waals surface area contributed by atoms with Crippen LogP contribution in [0.25, 0.3) is 0 Å². The van der Waals surface area contributed by atoms with Crippen molar-refractivity contribution in [1.82, 2.24) is 15.5 Å². The Kier molecular flexibility index (Phi) is 8.97. The summed E-state index contributed by atoms with van der Waals surface area (Å²) in [4.78, 5) is 28.2. The normalized spacial score (nSPS) is 15.0. The zero-order chi connectivity index (χ0) is 23.1. The summed E-state index contributed by atoms with van der Waals surface area (Å²) in [5.74, 6) is -0.357. The van der Waals surface area contributed by atoms with Crippen LogP contribution in [0.1, 0.15) is 54.6 Å². The highest BCUT2D eigenvalue weighted by molar-refractivity contribution is 6.36. The number of hydrogen-bond acceptors (Lipinski definition) is 3. The van der Waals surface area contributed by atoms with Gasteiger partial charge in [-0.15, -0.1) is 0 Å². The van der Waals surface area contributed by atoms with Gasteiger partial charge in [-0.1, -0.05) is 61.3 Å². The lowest BCUT2D eigenvalue weighted by Gasteiger charge is -2.22. The highest BCUT2D eigenvalue weighted by Gasteiger charge is 2.24. The predicted octanol–water partition coefficient (Wildman–Crippen LogP) is 5.05. The fourth-order valence-electron chi connectivity index (χ4n) is 3.98. The standard InChI is InChI=1S/C25H31Cl2N3O2/c1-17(2)13-23(29-24(31)21-10-9-20(26)14-22(21)27)25(32)28-15-18-7-3-4-8-19(18)16-30-11-5-6-12-30/h3-4,7-10,14,17,23H,5-6,11-13,15-16H2,1-2H3,(H,28,32)(H,29,31). The van der Waals surface area contributed by atoms with Crippen molar-refractivity contribution in [2.75, 3.05) is 13.1 Å². The van der Waals surface area contributed by atoms with Crippen molar-refractivity contribution in [1.29, 1.82) is 0 Å². The van der Waals surface area contributed by atoms with Crippen LogP contribution in [0.3, 0.4) is 0 Å². The molecule has 2 N–H and O–H groups in total. The molecule has 1 aliphatic rings. The van der Waals surface area contributed by atoms with Gasteiger partial charge >= 0.3 is 0 Å². The Bertz CT molecular complexity index is 943. The first-order chi connectivity index (χ1) is 15.3. The van der Waals surface area contributed by atoms with Crippen molar-refractivity contribution in [3.8, 4) is 0 Å². The fraction of sp³-hybridized carbons (Fsp3) is 0.440. The highest BCUT2D eigenvalue weighted by Crippen LogP contribution is 2.21. The number of nitrogens with zero attached hydrogens (tertiary/aromatic N) is 1. The average molecular weight is 476 g/mol. The molecule has 0 bridgehead atoms. The van der Waals surface area contributed by atoms with Gasteiger partial charge in [0, 0.05) is 18.1 Å². The minimum Gasteiger partial charge on any atom is -0.350 e. The Labute approximate surface area is 200 Å². The molecule has 1 unspecified atom stereocenters. The molecule has 7 heteroatoms. The summed E-state index contributed by atoms with van der Waals surface area (Å²) >= 11 is 12.1. The largest absolute Gasteiger partial charge is 0.350 e. The summed E-state index contributed by atoms with van der Waals surface area (Å²) in [6, 6.07) is 12.2. The molecule has 172 valence electrons. The van der Waals surface area contributed by atoms with Crippen molar-refractivity contribution in [2.45, 2.75) is 52.2 Å². The Morgan fingerprint density at radius 2 is 1.72 bits per heavy atom. The second kappa shape index (κ2) is 11.7. The second-order valence-corrected chi connectivity index (χ2v) is 9.59. The molecule has 2 aromatic carbocycles. The summed E-state index contributed by atoms with van der Waals surface area (Å²) in [6.07, 6.45) is 3.01. The van der Waals surface area contributed by atoms with Gasteiger partial charge in [0.25, 0.3) is 5.91 Å². The molecule has 3 rings (SSSR count). The van der Waals surface area contributed by atoms with E-state index in [2.05, 4.69) is 27.7 Å². The molecule has 0 radical (unpaired) electrons. The van der Waals surface area contributed by atoms with Gasteiger partial charge in [-0.2, -0.15) is 0 Å². The molecule has 1 fully saturated rings. The third-order valence-electron chi connectivity index (χ3n) is 5.67. The van der Waals surface area contributed by atoms with Crippen LogP contribution >= 0.6 is 23.2 Å². The minimum absolute atomic E-state index is 0.201.